The summed E-state index contributed by atoms with van der Waals surface area (Å²) in [7, 11) is 1.30. The molecule has 6 nitrogen and oxygen atoms in total. The first-order chi connectivity index (χ1) is 9.93. The standard InChI is InChI=1S/C13H13ClN2O4S/c1-7(12(19)20-2)16-10-5-8(14)3-4-9(10)15-13(16)21-6-11(17)18/h3-5,7H,6H2,1-2H3,(H,17,18). The molecule has 0 aliphatic heterocycles. The normalized spacial score (nSPS) is 12.3. The van der Waals surface area contributed by atoms with Crippen LogP contribution in [0.3, 0.4) is 0 Å². The number of carbonyl (C=O) groups is 2. The molecule has 0 amide bonds. The van der Waals surface area contributed by atoms with Crippen LogP contribution >= 0.6 is 23.4 Å². The summed E-state index contributed by atoms with van der Waals surface area (Å²) < 4.78 is 6.39. The highest BCUT2D eigenvalue weighted by molar-refractivity contribution is 7.99. The lowest BCUT2D eigenvalue weighted by atomic mass is 10.3. The fourth-order valence-corrected chi connectivity index (χ4v) is 2.90. The molecule has 0 bridgehead atoms. The van der Waals surface area contributed by atoms with E-state index in [9.17, 15) is 9.59 Å². The predicted molar refractivity (Wildman–Crippen MR) is 79.8 cm³/mol. The number of halogens is 1. The van der Waals surface area contributed by atoms with E-state index in [-0.39, 0.29) is 5.75 Å². The lowest BCUT2D eigenvalue weighted by molar-refractivity contribution is -0.144. The highest BCUT2D eigenvalue weighted by Gasteiger charge is 2.23. The van der Waals surface area contributed by atoms with Gasteiger partial charge in [-0.2, -0.15) is 0 Å². The number of aromatic nitrogens is 2. The average molecular weight is 329 g/mol. The Hall–Kier alpha value is -1.73. The molecule has 0 saturated carbocycles. The summed E-state index contributed by atoms with van der Waals surface area (Å²) in [6.07, 6.45) is 0. The molecule has 1 heterocycles. The lowest BCUT2D eigenvalue weighted by Crippen LogP contribution is -2.18. The van der Waals surface area contributed by atoms with Gasteiger partial charge in [-0.1, -0.05) is 23.4 Å². The zero-order valence-electron chi connectivity index (χ0n) is 11.4. The van der Waals surface area contributed by atoms with Crippen molar-refractivity contribution in [2.45, 2.75) is 18.1 Å². The molecular formula is C13H13ClN2O4S. The molecule has 8 heteroatoms. The number of imidazole rings is 1. The van der Waals surface area contributed by atoms with Gasteiger partial charge < -0.3 is 14.4 Å². The van der Waals surface area contributed by atoms with Gasteiger partial charge in [-0.15, -0.1) is 0 Å². The van der Waals surface area contributed by atoms with E-state index < -0.39 is 18.0 Å². The number of ether oxygens (including phenoxy) is 1. The maximum atomic E-state index is 11.8. The number of benzene rings is 1. The zero-order chi connectivity index (χ0) is 15.6. The molecule has 0 saturated heterocycles. The molecule has 1 unspecified atom stereocenters. The topological polar surface area (TPSA) is 81.4 Å². The van der Waals surface area contributed by atoms with Crippen LogP contribution in [0.15, 0.2) is 23.4 Å². The molecule has 21 heavy (non-hydrogen) atoms. The van der Waals surface area contributed by atoms with E-state index in [2.05, 4.69) is 4.98 Å². The van der Waals surface area contributed by atoms with Gasteiger partial charge in [0.25, 0.3) is 0 Å². The van der Waals surface area contributed by atoms with Gasteiger partial charge in [0.1, 0.15) is 6.04 Å². The van der Waals surface area contributed by atoms with Gasteiger partial charge in [-0.25, -0.2) is 9.78 Å². The second-order valence-corrected chi connectivity index (χ2v) is 5.66. The zero-order valence-corrected chi connectivity index (χ0v) is 12.9. The summed E-state index contributed by atoms with van der Waals surface area (Å²) in [6, 6.07) is 4.47. The van der Waals surface area contributed by atoms with Crippen molar-refractivity contribution in [3.8, 4) is 0 Å². The van der Waals surface area contributed by atoms with Crippen molar-refractivity contribution in [1.29, 1.82) is 0 Å². The van der Waals surface area contributed by atoms with E-state index in [1.54, 1.807) is 29.7 Å². The quantitative estimate of drug-likeness (QED) is 0.671. The number of carboxylic acid groups (broad SMARTS) is 1. The minimum absolute atomic E-state index is 0.148. The van der Waals surface area contributed by atoms with Crippen molar-refractivity contribution < 1.29 is 19.4 Å². The van der Waals surface area contributed by atoms with E-state index in [4.69, 9.17) is 21.4 Å². The van der Waals surface area contributed by atoms with Gasteiger partial charge in [0, 0.05) is 5.02 Å². The number of nitrogens with zero attached hydrogens (tertiary/aromatic N) is 2. The second-order valence-electron chi connectivity index (χ2n) is 4.28. The number of carbonyl (C=O) groups excluding carboxylic acids is 1. The Morgan fingerprint density at radius 1 is 1.52 bits per heavy atom. The van der Waals surface area contributed by atoms with Crippen LogP contribution in [0.1, 0.15) is 13.0 Å². The Morgan fingerprint density at radius 2 is 2.24 bits per heavy atom. The molecule has 0 fully saturated rings. The monoisotopic (exact) mass is 328 g/mol. The number of rotatable bonds is 5. The number of esters is 1. The highest BCUT2D eigenvalue weighted by atomic mass is 35.5. The Kier molecular flexibility index (Phi) is 4.74. The molecule has 1 aromatic heterocycles. The molecule has 1 N–H and O–H groups in total. The van der Waals surface area contributed by atoms with Crippen molar-refractivity contribution in [2.75, 3.05) is 12.9 Å². The summed E-state index contributed by atoms with van der Waals surface area (Å²) in [6.45, 7) is 1.67. The van der Waals surface area contributed by atoms with Crippen molar-refractivity contribution in [3.05, 3.63) is 23.2 Å². The molecule has 1 atom stereocenters. The second kappa shape index (κ2) is 6.36. The predicted octanol–water partition coefficient (Wildman–Crippen LogP) is 2.60. The fraction of sp³-hybridized carbons (Fsp3) is 0.308. The van der Waals surface area contributed by atoms with E-state index in [1.165, 1.54) is 7.11 Å². The third-order valence-corrected chi connectivity index (χ3v) is 4.05. The molecule has 2 aromatic rings. The first kappa shape index (κ1) is 15.7. The Labute approximate surface area is 130 Å². The van der Waals surface area contributed by atoms with Crippen molar-refractivity contribution in [2.24, 2.45) is 0 Å². The number of aliphatic carboxylic acids is 1. The third kappa shape index (κ3) is 3.30. The van der Waals surface area contributed by atoms with E-state index >= 15 is 0 Å². The van der Waals surface area contributed by atoms with Crippen LogP contribution in [-0.4, -0.2) is 39.5 Å². The molecule has 0 spiro atoms. The summed E-state index contributed by atoms with van der Waals surface area (Å²) in [4.78, 5) is 26.9. The molecule has 112 valence electrons. The number of thioether (sulfide) groups is 1. The lowest BCUT2D eigenvalue weighted by Gasteiger charge is -2.14. The minimum atomic E-state index is -0.956. The maximum Gasteiger partial charge on any atom is 0.328 e. The van der Waals surface area contributed by atoms with Gasteiger partial charge in [-0.3, -0.25) is 4.79 Å². The molecule has 0 aliphatic carbocycles. The van der Waals surface area contributed by atoms with Crippen molar-refractivity contribution in [3.63, 3.8) is 0 Å². The summed E-state index contributed by atoms with van der Waals surface area (Å²) in [5.74, 6) is -1.54. The Balaban J connectivity index is 2.55. The van der Waals surface area contributed by atoms with Crippen LogP contribution < -0.4 is 0 Å². The number of hydrogen-bond donors (Lipinski definition) is 1. The number of fused-ring (bicyclic) bond motifs is 1. The first-order valence-electron chi connectivity index (χ1n) is 6.04. The van der Waals surface area contributed by atoms with Crippen LogP contribution in [-0.2, 0) is 14.3 Å². The highest BCUT2D eigenvalue weighted by Crippen LogP contribution is 2.30. The largest absolute Gasteiger partial charge is 0.481 e. The third-order valence-electron chi connectivity index (χ3n) is 2.87. The summed E-state index contributed by atoms with van der Waals surface area (Å²) in [5.41, 5.74) is 1.30. The van der Waals surface area contributed by atoms with Crippen molar-refractivity contribution in [1.82, 2.24) is 9.55 Å². The maximum absolute atomic E-state index is 11.8. The first-order valence-corrected chi connectivity index (χ1v) is 7.40. The minimum Gasteiger partial charge on any atom is -0.481 e. The van der Waals surface area contributed by atoms with Crippen LogP contribution in [0.25, 0.3) is 11.0 Å². The number of carboxylic acids is 1. The molecule has 2 rings (SSSR count). The summed E-state index contributed by atoms with van der Waals surface area (Å²) in [5, 5.41) is 9.76. The Bertz CT molecular complexity index is 701. The SMILES string of the molecule is COC(=O)C(C)n1c(SCC(=O)O)nc2ccc(Cl)cc21. The molecule has 0 aliphatic rings. The number of methoxy groups -OCH3 is 1. The van der Waals surface area contributed by atoms with E-state index in [0.29, 0.717) is 21.2 Å². The molecular weight excluding hydrogens is 316 g/mol. The van der Waals surface area contributed by atoms with Crippen LogP contribution in [0.2, 0.25) is 5.02 Å². The fourth-order valence-electron chi connectivity index (χ4n) is 1.92. The smallest absolute Gasteiger partial charge is 0.328 e. The van der Waals surface area contributed by atoms with Crippen LogP contribution in [0.5, 0.6) is 0 Å². The van der Waals surface area contributed by atoms with Gasteiger partial charge in [0.2, 0.25) is 0 Å². The van der Waals surface area contributed by atoms with Gasteiger partial charge >= 0.3 is 11.9 Å². The van der Waals surface area contributed by atoms with E-state index in [0.717, 1.165) is 11.8 Å². The van der Waals surface area contributed by atoms with Crippen LogP contribution in [0.4, 0.5) is 0 Å². The van der Waals surface area contributed by atoms with Crippen LogP contribution in [0, 0.1) is 0 Å². The molecule has 1 aromatic carbocycles. The van der Waals surface area contributed by atoms with Crippen molar-refractivity contribution >= 4 is 46.3 Å². The van der Waals surface area contributed by atoms with E-state index in [1.807, 2.05) is 0 Å². The van der Waals surface area contributed by atoms with Gasteiger partial charge in [-0.05, 0) is 25.1 Å². The number of hydrogen-bond acceptors (Lipinski definition) is 5. The Morgan fingerprint density at radius 3 is 2.86 bits per heavy atom. The summed E-state index contributed by atoms with van der Waals surface area (Å²) >= 11 is 7.03. The van der Waals surface area contributed by atoms with Gasteiger partial charge in [0.05, 0.1) is 23.9 Å². The molecule has 0 radical (unpaired) electrons. The van der Waals surface area contributed by atoms with Gasteiger partial charge in [0.15, 0.2) is 5.16 Å². The average Bonchev–Trinajstić information content (AvgIpc) is 2.80.